The van der Waals surface area contributed by atoms with Gasteiger partial charge in [0.2, 0.25) is 0 Å². The number of rotatable bonds is 9. The molecule has 9 nitrogen and oxygen atoms in total. The molecule has 9 heteroatoms. The Bertz CT molecular complexity index is 1210. The third-order valence-electron chi connectivity index (χ3n) is 5.83. The molecule has 3 aromatic rings. The van der Waals surface area contributed by atoms with Gasteiger partial charge in [0.05, 0.1) is 13.2 Å². The summed E-state index contributed by atoms with van der Waals surface area (Å²) in [6.45, 7) is 1.42. The van der Waals surface area contributed by atoms with Crippen LogP contribution in [0.1, 0.15) is 37.4 Å². The average Bonchev–Trinajstić information content (AvgIpc) is 2.86. The number of nitrogens with one attached hydrogen (secondary N) is 1. The van der Waals surface area contributed by atoms with E-state index in [4.69, 9.17) is 19.9 Å². The summed E-state index contributed by atoms with van der Waals surface area (Å²) in [6, 6.07) is 13.9. The summed E-state index contributed by atoms with van der Waals surface area (Å²) in [5.74, 6) is 0.220. The highest BCUT2D eigenvalue weighted by Gasteiger charge is 2.46. The van der Waals surface area contributed by atoms with Crippen LogP contribution in [0.5, 0.6) is 23.0 Å². The summed E-state index contributed by atoms with van der Waals surface area (Å²) in [5, 5.41) is 22.8. The number of carbonyl (C=O) groups is 2. The lowest BCUT2D eigenvalue weighted by Gasteiger charge is -2.40. The van der Waals surface area contributed by atoms with Gasteiger partial charge < -0.3 is 35.5 Å². The topological polar surface area (TPSA) is 140 Å². The molecule has 35 heavy (non-hydrogen) atoms. The maximum atomic E-state index is 12.6. The number of nitrogens with two attached hydrogens (primary N) is 1. The van der Waals surface area contributed by atoms with Crippen LogP contribution in [0, 0.1) is 0 Å². The molecule has 3 aromatic carbocycles. The van der Waals surface area contributed by atoms with E-state index in [0.717, 1.165) is 0 Å². The van der Waals surface area contributed by atoms with E-state index in [9.17, 15) is 19.8 Å². The third kappa shape index (κ3) is 4.44. The van der Waals surface area contributed by atoms with Gasteiger partial charge in [-0.05, 0) is 36.4 Å². The van der Waals surface area contributed by atoms with E-state index >= 15 is 0 Å². The van der Waals surface area contributed by atoms with Crippen molar-refractivity contribution in [3.05, 3.63) is 82.4 Å². The van der Waals surface area contributed by atoms with Crippen LogP contribution < -0.4 is 15.8 Å². The van der Waals surface area contributed by atoms with Crippen molar-refractivity contribution in [2.75, 3.05) is 33.4 Å². The molecular weight excluding hydrogens is 452 g/mol. The van der Waals surface area contributed by atoms with Gasteiger partial charge in [0.15, 0.2) is 5.60 Å². The summed E-state index contributed by atoms with van der Waals surface area (Å²) < 4.78 is 17.3. The van der Waals surface area contributed by atoms with Gasteiger partial charge in [0.1, 0.15) is 29.3 Å². The number of phenolic OH excluding ortho intramolecular Hbond substituents is 2. The van der Waals surface area contributed by atoms with Crippen LogP contribution >= 0.6 is 0 Å². The summed E-state index contributed by atoms with van der Waals surface area (Å²) in [5.41, 5.74) is 6.17. The van der Waals surface area contributed by atoms with Crippen LogP contribution in [-0.4, -0.2) is 55.8 Å². The van der Waals surface area contributed by atoms with E-state index in [-0.39, 0.29) is 23.0 Å². The smallest absolute Gasteiger partial charge is 0.251 e. The second-order valence-corrected chi connectivity index (χ2v) is 7.93. The van der Waals surface area contributed by atoms with Gasteiger partial charge in [0, 0.05) is 60.1 Å². The SMILES string of the molecule is COC1(c2ccc(C(=O)NCCOCCN)cc2C=O)c2ccc(O)cc2Oc2cc(O)ccc21. The molecule has 0 fully saturated rings. The number of aldehydes is 1. The lowest BCUT2D eigenvalue weighted by Crippen LogP contribution is -2.36. The molecule has 0 spiro atoms. The number of phenols is 2. The summed E-state index contributed by atoms with van der Waals surface area (Å²) >= 11 is 0. The fourth-order valence-corrected chi connectivity index (χ4v) is 4.30. The molecule has 0 atom stereocenters. The Morgan fingerprint density at radius 2 is 1.63 bits per heavy atom. The third-order valence-corrected chi connectivity index (χ3v) is 5.83. The van der Waals surface area contributed by atoms with Gasteiger partial charge in [-0.3, -0.25) is 9.59 Å². The Morgan fingerprint density at radius 1 is 1.00 bits per heavy atom. The zero-order valence-corrected chi connectivity index (χ0v) is 19.1. The molecule has 4 rings (SSSR count). The van der Waals surface area contributed by atoms with E-state index in [1.54, 1.807) is 24.3 Å². The molecule has 0 unspecified atom stereocenters. The molecule has 1 aliphatic rings. The highest BCUT2D eigenvalue weighted by molar-refractivity contribution is 5.96. The Morgan fingerprint density at radius 3 is 2.20 bits per heavy atom. The molecule has 0 aliphatic carbocycles. The number of amides is 1. The first-order valence-electron chi connectivity index (χ1n) is 11.0. The second kappa shape index (κ2) is 10.1. The van der Waals surface area contributed by atoms with E-state index < -0.39 is 5.60 Å². The highest BCUT2D eigenvalue weighted by Crippen LogP contribution is 2.54. The van der Waals surface area contributed by atoms with Gasteiger partial charge in [-0.1, -0.05) is 6.07 Å². The zero-order valence-electron chi connectivity index (χ0n) is 19.1. The van der Waals surface area contributed by atoms with Crippen molar-refractivity contribution in [2.24, 2.45) is 5.73 Å². The quantitative estimate of drug-likeness (QED) is 0.272. The molecule has 0 bridgehead atoms. The normalized spacial score (nSPS) is 13.3. The Balaban J connectivity index is 1.80. The number of benzene rings is 3. The molecule has 5 N–H and O–H groups in total. The number of fused-ring (bicyclic) bond motifs is 2. The molecule has 0 radical (unpaired) electrons. The maximum absolute atomic E-state index is 12.6. The summed E-state index contributed by atoms with van der Waals surface area (Å²) in [6.07, 6.45) is 0.660. The first-order chi connectivity index (χ1) is 16.9. The van der Waals surface area contributed by atoms with E-state index in [0.29, 0.717) is 66.3 Å². The Labute approximate surface area is 202 Å². The van der Waals surface area contributed by atoms with Crippen molar-refractivity contribution < 1.29 is 34.0 Å². The maximum Gasteiger partial charge on any atom is 0.251 e. The van der Waals surface area contributed by atoms with Crippen LogP contribution in [0.15, 0.2) is 54.6 Å². The van der Waals surface area contributed by atoms with Crippen LogP contribution in [0.25, 0.3) is 0 Å². The highest BCUT2D eigenvalue weighted by atomic mass is 16.5. The molecule has 1 amide bonds. The first-order valence-corrected chi connectivity index (χ1v) is 11.0. The zero-order chi connectivity index (χ0) is 25.0. The van der Waals surface area contributed by atoms with Gasteiger partial charge >= 0.3 is 0 Å². The average molecular weight is 479 g/mol. The number of ether oxygens (including phenoxy) is 3. The summed E-state index contributed by atoms with van der Waals surface area (Å²) in [7, 11) is 1.50. The van der Waals surface area contributed by atoms with Crippen molar-refractivity contribution in [1.29, 1.82) is 0 Å². The lowest BCUT2D eigenvalue weighted by atomic mass is 9.75. The van der Waals surface area contributed by atoms with Crippen molar-refractivity contribution in [2.45, 2.75) is 5.60 Å². The van der Waals surface area contributed by atoms with Crippen LogP contribution in [0.4, 0.5) is 0 Å². The minimum atomic E-state index is -1.31. The monoisotopic (exact) mass is 478 g/mol. The minimum absolute atomic E-state index is 0.0181. The summed E-state index contributed by atoms with van der Waals surface area (Å²) in [4.78, 5) is 24.9. The number of hydrogen-bond donors (Lipinski definition) is 4. The molecule has 1 aliphatic heterocycles. The number of aromatic hydroxyl groups is 2. The van der Waals surface area contributed by atoms with Crippen molar-refractivity contribution in [1.82, 2.24) is 5.32 Å². The van der Waals surface area contributed by atoms with Gasteiger partial charge in [-0.2, -0.15) is 0 Å². The molecule has 0 aromatic heterocycles. The Kier molecular flexibility index (Phi) is 7.02. The van der Waals surface area contributed by atoms with E-state index in [1.807, 2.05) is 0 Å². The van der Waals surface area contributed by atoms with Crippen molar-refractivity contribution >= 4 is 12.2 Å². The number of methoxy groups -OCH3 is 1. The van der Waals surface area contributed by atoms with E-state index in [1.165, 1.54) is 37.4 Å². The fraction of sp³-hybridized carbons (Fsp3) is 0.231. The molecule has 0 saturated heterocycles. The van der Waals surface area contributed by atoms with Crippen molar-refractivity contribution in [3.8, 4) is 23.0 Å². The predicted molar refractivity (Wildman–Crippen MR) is 127 cm³/mol. The van der Waals surface area contributed by atoms with Gasteiger partial charge in [-0.25, -0.2) is 0 Å². The van der Waals surface area contributed by atoms with Crippen molar-refractivity contribution in [3.63, 3.8) is 0 Å². The molecule has 0 saturated carbocycles. The molecular formula is C26H26N2O7. The largest absolute Gasteiger partial charge is 0.508 e. The first kappa shape index (κ1) is 24.2. The van der Waals surface area contributed by atoms with Gasteiger partial charge in [0.25, 0.3) is 5.91 Å². The number of hydrogen-bond acceptors (Lipinski definition) is 8. The van der Waals surface area contributed by atoms with Gasteiger partial charge in [-0.15, -0.1) is 0 Å². The van der Waals surface area contributed by atoms with Crippen LogP contribution in [-0.2, 0) is 15.1 Å². The number of carbonyl (C=O) groups excluding carboxylic acids is 2. The second-order valence-electron chi connectivity index (χ2n) is 7.93. The van der Waals surface area contributed by atoms with E-state index in [2.05, 4.69) is 5.32 Å². The van der Waals surface area contributed by atoms with Crippen LogP contribution in [0.2, 0.25) is 0 Å². The lowest BCUT2D eigenvalue weighted by molar-refractivity contribution is 0.0489. The molecule has 1 heterocycles. The fourth-order valence-electron chi connectivity index (χ4n) is 4.30. The Hall–Kier alpha value is -3.92. The molecule has 182 valence electrons. The standard InChI is InChI=1S/C26H26N2O7/c1-33-26(20-5-2-16(12-17(20)15-29)25(32)28-9-11-34-10-8-27)21-6-3-18(30)13-23(21)35-24-14-19(31)4-7-22(24)26/h2-7,12-15,30-31H,8-11,27H2,1H3,(H,28,32). The van der Waals surface area contributed by atoms with Crippen LogP contribution in [0.3, 0.4) is 0 Å². The predicted octanol–water partition coefficient (Wildman–Crippen LogP) is 2.66. The minimum Gasteiger partial charge on any atom is -0.508 e.